The molecule has 0 amide bonds. The smallest absolute Gasteiger partial charge is 0.306 e. The molecule has 0 rings (SSSR count). The summed E-state index contributed by atoms with van der Waals surface area (Å²) in [6.45, 7) is 6.60. The number of allylic oxidation sites excluding steroid dienone is 8. The normalized spacial score (nSPS) is 12.4. The summed E-state index contributed by atoms with van der Waals surface area (Å²) >= 11 is 0. The Labute approximate surface area is 397 Å². The van der Waals surface area contributed by atoms with E-state index in [2.05, 4.69) is 69.4 Å². The van der Waals surface area contributed by atoms with Gasteiger partial charge in [-0.2, -0.15) is 0 Å². The van der Waals surface area contributed by atoms with Crippen molar-refractivity contribution in [3.8, 4) is 0 Å². The number of esters is 3. The highest BCUT2D eigenvalue weighted by atomic mass is 16.6. The molecule has 0 heterocycles. The molecule has 372 valence electrons. The van der Waals surface area contributed by atoms with E-state index in [4.69, 9.17) is 14.2 Å². The van der Waals surface area contributed by atoms with E-state index in [1.807, 2.05) is 0 Å². The maximum absolute atomic E-state index is 12.8. The zero-order chi connectivity index (χ0) is 46.5. The second-order valence-corrected chi connectivity index (χ2v) is 18.5. The lowest BCUT2D eigenvalue weighted by Gasteiger charge is -2.18. The van der Waals surface area contributed by atoms with E-state index in [0.717, 1.165) is 83.5 Å². The zero-order valence-corrected chi connectivity index (χ0v) is 42.6. The molecule has 64 heavy (non-hydrogen) atoms. The van der Waals surface area contributed by atoms with Crippen LogP contribution in [-0.2, 0) is 28.6 Å². The number of hydrogen-bond acceptors (Lipinski definition) is 6. The van der Waals surface area contributed by atoms with Crippen molar-refractivity contribution in [3.63, 3.8) is 0 Å². The summed E-state index contributed by atoms with van der Waals surface area (Å²) in [5.74, 6) is -0.895. The van der Waals surface area contributed by atoms with Crippen LogP contribution in [0.1, 0.15) is 284 Å². The topological polar surface area (TPSA) is 78.9 Å². The van der Waals surface area contributed by atoms with Crippen molar-refractivity contribution in [1.82, 2.24) is 0 Å². The Morgan fingerprint density at radius 2 is 0.562 bits per heavy atom. The Kier molecular flexibility index (Phi) is 50.8. The number of rotatable bonds is 50. The van der Waals surface area contributed by atoms with Gasteiger partial charge in [0.1, 0.15) is 13.2 Å². The fraction of sp³-hybridized carbons (Fsp3) is 0.810. The first-order valence-corrected chi connectivity index (χ1v) is 27.6. The third-order valence-corrected chi connectivity index (χ3v) is 12.1. The maximum Gasteiger partial charge on any atom is 0.306 e. The summed E-state index contributed by atoms with van der Waals surface area (Å²) < 4.78 is 16.8. The molecule has 0 N–H and O–H groups in total. The number of ether oxygens (including phenoxy) is 3. The van der Waals surface area contributed by atoms with Crippen LogP contribution in [0.3, 0.4) is 0 Å². The Bertz CT molecular complexity index is 1120. The van der Waals surface area contributed by atoms with E-state index in [0.29, 0.717) is 19.3 Å². The van der Waals surface area contributed by atoms with Gasteiger partial charge in [-0.25, -0.2) is 0 Å². The van der Waals surface area contributed by atoms with E-state index in [1.54, 1.807) is 0 Å². The predicted molar refractivity (Wildman–Crippen MR) is 275 cm³/mol. The van der Waals surface area contributed by atoms with Gasteiger partial charge < -0.3 is 14.2 Å². The third-order valence-electron chi connectivity index (χ3n) is 12.1. The Hall–Kier alpha value is -2.63. The SMILES string of the molecule is CCCCC/C=C/C/C=C/C/C=C/CCCCCCC(=O)OC[C@@H](COC(=O)CCCCCCCCCCCCCCCC)OC(=O)CCCCCCCCC/C=C/CCCCCC. The first-order valence-electron chi connectivity index (χ1n) is 27.6. The van der Waals surface area contributed by atoms with E-state index < -0.39 is 6.10 Å². The molecule has 6 heteroatoms. The highest BCUT2D eigenvalue weighted by Gasteiger charge is 2.19. The van der Waals surface area contributed by atoms with Crippen LogP contribution in [-0.4, -0.2) is 37.2 Å². The molecule has 0 aromatic heterocycles. The average Bonchev–Trinajstić information content (AvgIpc) is 3.29. The minimum Gasteiger partial charge on any atom is -0.462 e. The van der Waals surface area contributed by atoms with E-state index in [-0.39, 0.29) is 31.1 Å². The molecule has 0 unspecified atom stereocenters. The van der Waals surface area contributed by atoms with Crippen molar-refractivity contribution in [2.75, 3.05) is 13.2 Å². The number of carbonyl (C=O) groups excluding carboxylic acids is 3. The van der Waals surface area contributed by atoms with Gasteiger partial charge in [0.2, 0.25) is 0 Å². The van der Waals surface area contributed by atoms with Crippen LogP contribution in [0.4, 0.5) is 0 Å². The van der Waals surface area contributed by atoms with Gasteiger partial charge in [-0.05, 0) is 83.5 Å². The fourth-order valence-electron chi connectivity index (χ4n) is 7.86. The van der Waals surface area contributed by atoms with Gasteiger partial charge in [0.25, 0.3) is 0 Å². The zero-order valence-electron chi connectivity index (χ0n) is 42.6. The van der Waals surface area contributed by atoms with E-state index in [9.17, 15) is 14.4 Å². The minimum absolute atomic E-state index is 0.0794. The summed E-state index contributed by atoms with van der Waals surface area (Å²) in [6.07, 6.45) is 63.7. The van der Waals surface area contributed by atoms with Gasteiger partial charge in [0.05, 0.1) is 0 Å². The predicted octanol–water partition coefficient (Wildman–Crippen LogP) is 18.3. The molecule has 0 aliphatic carbocycles. The summed E-state index contributed by atoms with van der Waals surface area (Å²) in [4.78, 5) is 38.1. The highest BCUT2D eigenvalue weighted by Crippen LogP contribution is 2.15. The second-order valence-electron chi connectivity index (χ2n) is 18.5. The Morgan fingerprint density at radius 3 is 0.938 bits per heavy atom. The summed E-state index contributed by atoms with van der Waals surface area (Å²) in [7, 11) is 0. The Morgan fingerprint density at radius 1 is 0.312 bits per heavy atom. The number of carbonyl (C=O) groups is 3. The monoisotopic (exact) mass is 897 g/mol. The maximum atomic E-state index is 12.8. The van der Waals surface area contributed by atoms with Gasteiger partial charge >= 0.3 is 17.9 Å². The molecule has 1 atom stereocenters. The van der Waals surface area contributed by atoms with Crippen LogP contribution >= 0.6 is 0 Å². The van der Waals surface area contributed by atoms with Gasteiger partial charge in [-0.15, -0.1) is 0 Å². The van der Waals surface area contributed by atoms with Gasteiger partial charge in [-0.3, -0.25) is 14.4 Å². The summed E-state index contributed by atoms with van der Waals surface area (Å²) in [6, 6.07) is 0. The van der Waals surface area contributed by atoms with Crippen LogP contribution in [0.5, 0.6) is 0 Å². The van der Waals surface area contributed by atoms with Crippen molar-refractivity contribution in [3.05, 3.63) is 48.6 Å². The van der Waals surface area contributed by atoms with E-state index in [1.165, 1.54) is 161 Å². The number of hydrogen-bond donors (Lipinski definition) is 0. The molecule has 0 aliphatic rings. The van der Waals surface area contributed by atoms with Crippen LogP contribution in [0, 0.1) is 0 Å². The molecule has 0 fully saturated rings. The van der Waals surface area contributed by atoms with Crippen LogP contribution in [0.2, 0.25) is 0 Å². The molecule has 0 spiro atoms. The van der Waals surface area contributed by atoms with Gasteiger partial charge in [0, 0.05) is 19.3 Å². The molecule has 0 saturated heterocycles. The average molecular weight is 897 g/mol. The molecule has 0 aromatic rings. The molecule has 6 nitrogen and oxygen atoms in total. The van der Waals surface area contributed by atoms with Gasteiger partial charge in [-0.1, -0.05) is 230 Å². The third kappa shape index (κ3) is 50.4. The van der Waals surface area contributed by atoms with Gasteiger partial charge in [0.15, 0.2) is 6.10 Å². The van der Waals surface area contributed by atoms with Crippen LogP contribution in [0.25, 0.3) is 0 Å². The molecular formula is C58H104O6. The van der Waals surface area contributed by atoms with Crippen molar-refractivity contribution in [2.45, 2.75) is 290 Å². The molecule has 0 bridgehead atoms. The molecule has 0 radical (unpaired) electrons. The molecular weight excluding hydrogens is 793 g/mol. The molecule has 0 aliphatic heterocycles. The second kappa shape index (κ2) is 53.0. The quantitative estimate of drug-likeness (QED) is 0.0262. The van der Waals surface area contributed by atoms with Crippen LogP contribution < -0.4 is 0 Å². The minimum atomic E-state index is -0.782. The molecule has 0 saturated carbocycles. The van der Waals surface area contributed by atoms with Crippen molar-refractivity contribution in [1.29, 1.82) is 0 Å². The first-order chi connectivity index (χ1) is 31.5. The van der Waals surface area contributed by atoms with Crippen LogP contribution in [0.15, 0.2) is 48.6 Å². The largest absolute Gasteiger partial charge is 0.462 e. The lowest BCUT2D eigenvalue weighted by Crippen LogP contribution is -2.30. The lowest BCUT2D eigenvalue weighted by molar-refractivity contribution is -0.167. The van der Waals surface area contributed by atoms with E-state index >= 15 is 0 Å². The van der Waals surface area contributed by atoms with Crippen molar-refractivity contribution < 1.29 is 28.6 Å². The standard InChI is InChI=1S/C58H104O6/c1-4-7-10-13-16-19-22-25-28-29-31-33-36-39-42-45-48-51-57(60)63-54-55(53-62-56(59)50-47-44-41-38-35-32-27-24-21-18-15-12-9-6-3)64-58(61)52-49-46-43-40-37-34-30-26-23-20-17-14-11-8-5-2/h16,19-20,23,25,28,31,33,55H,4-15,17-18,21-22,24,26-27,29-30,32,34-54H2,1-3H3/b19-16+,23-20+,28-25+,33-31+/t55-/m1/s1. The van der Waals surface area contributed by atoms with Crippen molar-refractivity contribution in [2.24, 2.45) is 0 Å². The lowest BCUT2D eigenvalue weighted by atomic mass is 10.0. The Balaban J connectivity index is 4.40. The summed E-state index contributed by atoms with van der Waals surface area (Å²) in [5, 5.41) is 0. The number of unbranched alkanes of at least 4 members (excludes halogenated alkanes) is 31. The van der Waals surface area contributed by atoms with Crippen molar-refractivity contribution >= 4 is 17.9 Å². The fourth-order valence-corrected chi connectivity index (χ4v) is 7.86. The highest BCUT2D eigenvalue weighted by molar-refractivity contribution is 5.71. The summed E-state index contributed by atoms with van der Waals surface area (Å²) in [5.41, 5.74) is 0. The first kappa shape index (κ1) is 61.4. The molecule has 0 aromatic carbocycles.